The lowest BCUT2D eigenvalue weighted by molar-refractivity contribution is -0.143. The van der Waals surface area contributed by atoms with Gasteiger partial charge in [-0.3, -0.25) is 0 Å². The number of alkyl halides is 3. The predicted molar refractivity (Wildman–Crippen MR) is 74.9 cm³/mol. The second-order valence-corrected chi connectivity index (χ2v) is 5.18. The molecule has 0 spiro atoms. The lowest BCUT2D eigenvalue weighted by atomic mass is 10.1. The number of carboxylic acids is 1. The van der Waals surface area contributed by atoms with Crippen LogP contribution in [0.25, 0.3) is 5.69 Å². The first kappa shape index (κ1) is 16.6. The van der Waals surface area contributed by atoms with E-state index in [0.29, 0.717) is 4.68 Å². The summed E-state index contributed by atoms with van der Waals surface area (Å²) in [6.45, 7) is 1.52. The summed E-state index contributed by atoms with van der Waals surface area (Å²) in [7, 11) is 0. The molecule has 4 nitrogen and oxygen atoms in total. The van der Waals surface area contributed by atoms with Crippen molar-refractivity contribution in [1.82, 2.24) is 9.78 Å². The van der Waals surface area contributed by atoms with E-state index >= 15 is 0 Å². The molecule has 9 heteroatoms. The number of nitrogens with zero attached hydrogens (tertiary/aromatic N) is 2. The van der Waals surface area contributed by atoms with Crippen LogP contribution in [0.4, 0.5) is 13.2 Å². The first-order valence-electron chi connectivity index (χ1n) is 6.04. The molecule has 0 atom stereocenters. The van der Waals surface area contributed by atoms with Gasteiger partial charge in [-0.05, 0) is 24.6 Å². The van der Waals surface area contributed by atoms with Crippen molar-refractivity contribution in [3.8, 4) is 5.69 Å². The molecular formula is C13H9Cl2F3N2O2. The van der Waals surface area contributed by atoms with E-state index in [1.54, 1.807) is 0 Å². The first-order valence-corrected chi connectivity index (χ1v) is 6.80. The fourth-order valence-corrected chi connectivity index (χ4v) is 2.51. The Kier molecular flexibility index (Phi) is 4.39. The molecule has 0 unspecified atom stereocenters. The smallest absolute Gasteiger partial charge is 0.434 e. The van der Waals surface area contributed by atoms with Crippen LogP contribution < -0.4 is 0 Å². The highest BCUT2D eigenvalue weighted by molar-refractivity contribution is 6.35. The highest BCUT2D eigenvalue weighted by atomic mass is 35.5. The number of aromatic nitrogens is 2. The van der Waals surface area contributed by atoms with Gasteiger partial charge in [-0.25, -0.2) is 9.48 Å². The van der Waals surface area contributed by atoms with Crippen LogP contribution in [-0.4, -0.2) is 20.9 Å². The summed E-state index contributed by atoms with van der Waals surface area (Å²) in [6.07, 6.45) is -4.87. The summed E-state index contributed by atoms with van der Waals surface area (Å²) in [5.41, 5.74) is -2.52. The SMILES string of the molecule is CCc1nn(-c2ccc(Cl)cc2Cl)c(C(F)(F)F)c1C(=O)O. The summed E-state index contributed by atoms with van der Waals surface area (Å²) < 4.78 is 40.5. The van der Waals surface area contributed by atoms with Crippen molar-refractivity contribution in [1.29, 1.82) is 0 Å². The third kappa shape index (κ3) is 2.91. The molecule has 0 aliphatic carbocycles. The Morgan fingerprint density at radius 2 is 2.00 bits per heavy atom. The second-order valence-electron chi connectivity index (χ2n) is 4.33. The molecule has 2 rings (SSSR count). The Labute approximate surface area is 133 Å². The maximum Gasteiger partial charge on any atom is 0.434 e. The van der Waals surface area contributed by atoms with Crippen LogP contribution in [0, 0.1) is 0 Å². The van der Waals surface area contributed by atoms with Gasteiger partial charge in [0.25, 0.3) is 0 Å². The topological polar surface area (TPSA) is 55.1 Å². The van der Waals surface area contributed by atoms with Crippen molar-refractivity contribution in [2.24, 2.45) is 0 Å². The number of rotatable bonds is 3. The maximum absolute atomic E-state index is 13.3. The third-order valence-corrected chi connectivity index (χ3v) is 3.45. The zero-order chi connectivity index (χ0) is 16.7. The Morgan fingerprint density at radius 1 is 1.36 bits per heavy atom. The predicted octanol–water partition coefficient (Wildman–Crippen LogP) is 4.46. The molecule has 1 aromatic heterocycles. The van der Waals surface area contributed by atoms with Crippen molar-refractivity contribution in [3.63, 3.8) is 0 Å². The quantitative estimate of drug-likeness (QED) is 0.887. The van der Waals surface area contributed by atoms with Crippen LogP contribution in [0.2, 0.25) is 10.0 Å². The van der Waals surface area contributed by atoms with E-state index < -0.39 is 23.4 Å². The van der Waals surface area contributed by atoms with Gasteiger partial charge in [0.05, 0.1) is 16.4 Å². The van der Waals surface area contributed by atoms with Gasteiger partial charge in [0.15, 0.2) is 5.69 Å². The summed E-state index contributed by atoms with van der Waals surface area (Å²) in [5, 5.41) is 13.0. The van der Waals surface area contributed by atoms with Crippen LogP contribution in [0.3, 0.4) is 0 Å². The lowest BCUT2D eigenvalue weighted by Gasteiger charge is -2.12. The van der Waals surface area contributed by atoms with E-state index in [1.807, 2.05) is 0 Å². The molecule has 22 heavy (non-hydrogen) atoms. The fraction of sp³-hybridized carbons (Fsp3) is 0.231. The standard InChI is InChI=1S/C13H9Cl2F3N2O2/c1-2-8-10(12(21)22)11(13(16,17)18)20(19-8)9-4-3-6(14)5-7(9)15/h3-5H,2H2,1H3,(H,21,22). The largest absolute Gasteiger partial charge is 0.478 e. The monoisotopic (exact) mass is 352 g/mol. The number of carbonyl (C=O) groups is 1. The highest BCUT2D eigenvalue weighted by Gasteiger charge is 2.42. The van der Waals surface area contributed by atoms with Crippen molar-refractivity contribution in [3.05, 3.63) is 45.2 Å². The van der Waals surface area contributed by atoms with Gasteiger partial charge >= 0.3 is 12.1 Å². The average Bonchev–Trinajstić information content (AvgIpc) is 2.78. The van der Waals surface area contributed by atoms with Crippen molar-refractivity contribution >= 4 is 29.2 Å². The number of carboxylic acid groups (broad SMARTS) is 1. The third-order valence-electron chi connectivity index (χ3n) is 2.91. The van der Waals surface area contributed by atoms with Gasteiger partial charge < -0.3 is 5.11 Å². The minimum atomic E-state index is -4.91. The number of hydrogen-bond donors (Lipinski definition) is 1. The normalized spacial score (nSPS) is 11.7. The van der Waals surface area contributed by atoms with E-state index in [2.05, 4.69) is 5.10 Å². The molecule has 0 amide bonds. The van der Waals surface area contributed by atoms with Crippen LogP contribution in [0.1, 0.15) is 28.7 Å². The fourth-order valence-electron chi connectivity index (χ4n) is 2.02. The van der Waals surface area contributed by atoms with E-state index in [9.17, 15) is 18.0 Å². The Hall–Kier alpha value is -1.73. The van der Waals surface area contributed by atoms with Gasteiger partial charge in [0.1, 0.15) is 5.56 Å². The molecule has 0 radical (unpaired) electrons. The van der Waals surface area contributed by atoms with Gasteiger partial charge in [-0.15, -0.1) is 0 Å². The first-order chi connectivity index (χ1) is 10.2. The van der Waals surface area contributed by atoms with Gasteiger partial charge in [-0.1, -0.05) is 30.1 Å². The van der Waals surface area contributed by atoms with E-state index in [4.69, 9.17) is 28.3 Å². The molecule has 1 N–H and O–H groups in total. The molecule has 0 aliphatic rings. The van der Waals surface area contributed by atoms with Crippen LogP contribution in [0.15, 0.2) is 18.2 Å². The minimum absolute atomic E-state index is 0.0307. The molecule has 118 valence electrons. The molecule has 0 fully saturated rings. The molecular weight excluding hydrogens is 344 g/mol. The van der Waals surface area contributed by atoms with Crippen LogP contribution >= 0.6 is 23.2 Å². The van der Waals surface area contributed by atoms with Gasteiger partial charge in [-0.2, -0.15) is 18.3 Å². The minimum Gasteiger partial charge on any atom is -0.478 e. The zero-order valence-corrected chi connectivity index (χ0v) is 12.6. The van der Waals surface area contributed by atoms with Gasteiger partial charge in [0, 0.05) is 5.02 Å². The summed E-state index contributed by atoms with van der Waals surface area (Å²) in [5.74, 6) is -1.69. The van der Waals surface area contributed by atoms with Crippen LogP contribution in [-0.2, 0) is 12.6 Å². The number of aromatic carboxylic acids is 1. The highest BCUT2D eigenvalue weighted by Crippen LogP contribution is 2.37. The average molecular weight is 353 g/mol. The number of halogens is 5. The molecule has 0 bridgehead atoms. The molecule has 0 aliphatic heterocycles. The van der Waals surface area contributed by atoms with Crippen molar-refractivity contribution in [2.45, 2.75) is 19.5 Å². The van der Waals surface area contributed by atoms with Crippen molar-refractivity contribution < 1.29 is 23.1 Å². The molecule has 0 saturated heterocycles. The molecule has 1 heterocycles. The molecule has 0 saturated carbocycles. The van der Waals surface area contributed by atoms with Crippen LogP contribution in [0.5, 0.6) is 0 Å². The van der Waals surface area contributed by atoms with Crippen molar-refractivity contribution in [2.75, 3.05) is 0 Å². The number of benzene rings is 1. The zero-order valence-electron chi connectivity index (χ0n) is 11.1. The Balaban J connectivity index is 2.84. The maximum atomic E-state index is 13.3. The molecule has 1 aromatic carbocycles. The Bertz CT molecular complexity index is 742. The lowest BCUT2D eigenvalue weighted by Crippen LogP contribution is -2.17. The second kappa shape index (κ2) is 5.81. The van der Waals surface area contributed by atoms with E-state index in [-0.39, 0.29) is 27.8 Å². The van der Waals surface area contributed by atoms with E-state index in [1.165, 1.54) is 25.1 Å². The summed E-state index contributed by atoms with van der Waals surface area (Å²) in [4.78, 5) is 11.2. The summed E-state index contributed by atoms with van der Waals surface area (Å²) in [6, 6.07) is 3.85. The van der Waals surface area contributed by atoms with Gasteiger partial charge in [0.2, 0.25) is 0 Å². The summed E-state index contributed by atoms with van der Waals surface area (Å²) >= 11 is 11.6. The number of hydrogen-bond acceptors (Lipinski definition) is 2. The van der Waals surface area contributed by atoms with E-state index in [0.717, 1.165) is 0 Å². The number of aryl methyl sites for hydroxylation is 1. The Morgan fingerprint density at radius 3 is 2.45 bits per heavy atom. The molecule has 2 aromatic rings.